The zero-order chi connectivity index (χ0) is 12.8. The molecule has 2 fully saturated rings. The lowest BCUT2D eigenvalue weighted by Gasteiger charge is -2.36. The van der Waals surface area contributed by atoms with Gasteiger partial charge in [0.15, 0.2) is 0 Å². The molecule has 104 valence electrons. The first-order valence-corrected chi connectivity index (χ1v) is 7.33. The highest BCUT2D eigenvalue weighted by atomic mass is 16.5. The van der Waals surface area contributed by atoms with Gasteiger partial charge in [-0.1, -0.05) is 19.3 Å². The van der Waals surface area contributed by atoms with E-state index in [4.69, 9.17) is 4.74 Å². The average molecular weight is 254 g/mol. The second kappa shape index (κ2) is 7.10. The van der Waals surface area contributed by atoms with Crippen LogP contribution in [0.5, 0.6) is 0 Å². The minimum Gasteiger partial charge on any atom is -0.377 e. The Balaban J connectivity index is 1.84. The summed E-state index contributed by atoms with van der Waals surface area (Å²) in [6.07, 6.45) is 7.20. The third-order valence-corrected chi connectivity index (χ3v) is 4.18. The van der Waals surface area contributed by atoms with Gasteiger partial charge in [0.05, 0.1) is 19.3 Å². The van der Waals surface area contributed by atoms with Gasteiger partial charge >= 0.3 is 0 Å². The molecule has 18 heavy (non-hydrogen) atoms. The maximum absolute atomic E-state index is 12.4. The number of amides is 1. The summed E-state index contributed by atoms with van der Waals surface area (Å²) in [6, 6.07) is 0.222. The van der Waals surface area contributed by atoms with Gasteiger partial charge in [-0.3, -0.25) is 4.79 Å². The summed E-state index contributed by atoms with van der Waals surface area (Å²) >= 11 is 0. The second-order valence-corrected chi connectivity index (χ2v) is 5.58. The van der Waals surface area contributed by atoms with Crippen LogP contribution in [0.3, 0.4) is 0 Å². The van der Waals surface area contributed by atoms with E-state index >= 15 is 0 Å². The number of likely N-dealkylation sites (N-methyl/N-ethyl adjacent to an activating group) is 1. The topological polar surface area (TPSA) is 41.6 Å². The molecule has 0 spiro atoms. The number of morpholine rings is 1. The smallest absolute Gasteiger partial charge is 0.223 e. The summed E-state index contributed by atoms with van der Waals surface area (Å²) in [5.41, 5.74) is 0. The maximum Gasteiger partial charge on any atom is 0.223 e. The molecule has 0 aromatic carbocycles. The van der Waals surface area contributed by atoms with Crippen molar-refractivity contribution in [2.75, 3.05) is 33.4 Å². The average Bonchev–Trinajstić information content (AvgIpc) is 2.41. The summed E-state index contributed by atoms with van der Waals surface area (Å²) in [5.74, 6) is 0.967. The van der Waals surface area contributed by atoms with Gasteiger partial charge in [0.2, 0.25) is 5.91 Å². The molecule has 0 aromatic heterocycles. The highest BCUT2D eigenvalue weighted by Crippen LogP contribution is 2.27. The first-order chi connectivity index (χ1) is 8.81. The Labute approximate surface area is 110 Å². The summed E-state index contributed by atoms with van der Waals surface area (Å²) in [6.45, 7) is 2.96. The number of nitrogens with zero attached hydrogens (tertiary/aromatic N) is 1. The van der Waals surface area contributed by atoms with Crippen LogP contribution in [0.4, 0.5) is 0 Å². The molecule has 2 aliphatic rings. The number of carbonyl (C=O) groups is 1. The fourth-order valence-corrected chi connectivity index (χ4v) is 3.14. The molecule has 4 heteroatoms. The molecule has 0 bridgehead atoms. The molecule has 1 aliphatic heterocycles. The fraction of sp³-hybridized carbons (Fsp3) is 0.929. The molecule has 2 rings (SSSR count). The van der Waals surface area contributed by atoms with Crippen molar-refractivity contribution >= 4 is 5.91 Å². The van der Waals surface area contributed by atoms with Gasteiger partial charge in [0.1, 0.15) is 0 Å². The molecule has 1 aliphatic carbocycles. The number of hydrogen-bond acceptors (Lipinski definition) is 3. The van der Waals surface area contributed by atoms with Crippen LogP contribution in [0.15, 0.2) is 0 Å². The van der Waals surface area contributed by atoms with Crippen LogP contribution in [0.25, 0.3) is 0 Å². The van der Waals surface area contributed by atoms with Gasteiger partial charge in [-0.2, -0.15) is 0 Å². The number of rotatable bonds is 4. The number of ether oxygens (including phenoxy) is 1. The van der Waals surface area contributed by atoms with Gasteiger partial charge < -0.3 is 15.0 Å². The van der Waals surface area contributed by atoms with E-state index in [1.807, 2.05) is 11.9 Å². The lowest BCUT2D eigenvalue weighted by molar-refractivity contribution is -0.140. The Morgan fingerprint density at radius 1 is 1.33 bits per heavy atom. The molecule has 1 amide bonds. The Bertz CT molecular complexity index is 263. The summed E-state index contributed by atoms with van der Waals surface area (Å²) in [5, 5.41) is 3.15. The van der Waals surface area contributed by atoms with E-state index in [1.165, 1.54) is 32.1 Å². The molecule has 0 aromatic rings. The van der Waals surface area contributed by atoms with Crippen molar-refractivity contribution in [3.05, 3.63) is 0 Å². The Morgan fingerprint density at radius 3 is 2.83 bits per heavy atom. The van der Waals surface area contributed by atoms with Gasteiger partial charge in [0, 0.05) is 19.5 Å². The van der Waals surface area contributed by atoms with E-state index in [2.05, 4.69) is 5.32 Å². The minimum atomic E-state index is 0.222. The van der Waals surface area contributed by atoms with Crippen molar-refractivity contribution in [3.63, 3.8) is 0 Å². The highest BCUT2D eigenvalue weighted by molar-refractivity contribution is 5.77. The molecule has 4 nitrogen and oxygen atoms in total. The molecule has 1 saturated carbocycles. The van der Waals surface area contributed by atoms with E-state index in [9.17, 15) is 4.79 Å². The third-order valence-electron chi connectivity index (χ3n) is 4.18. The Morgan fingerprint density at radius 2 is 2.11 bits per heavy atom. The Kier molecular flexibility index (Phi) is 5.45. The van der Waals surface area contributed by atoms with Gasteiger partial charge in [-0.25, -0.2) is 0 Å². The molecular formula is C14H26N2O2. The van der Waals surface area contributed by atoms with Crippen LogP contribution >= 0.6 is 0 Å². The monoisotopic (exact) mass is 254 g/mol. The standard InChI is InChI=1S/C14H26N2O2/c1-15-10-13-11-18-8-7-16(13)14(17)9-12-5-3-2-4-6-12/h12-13,15H,2-11H2,1H3. The van der Waals surface area contributed by atoms with E-state index in [1.54, 1.807) is 0 Å². The van der Waals surface area contributed by atoms with Crippen LogP contribution in [0.1, 0.15) is 38.5 Å². The van der Waals surface area contributed by atoms with Crippen molar-refractivity contribution in [3.8, 4) is 0 Å². The number of carbonyl (C=O) groups excluding carboxylic acids is 1. The van der Waals surface area contributed by atoms with Crippen molar-refractivity contribution in [2.24, 2.45) is 5.92 Å². The lowest BCUT2D eigenvalue weighted by atomic mass is 9.86. The second-order valence-electron chi connectivity index (χ2n) is 5.58. The zero-order valence-corrected chi connectivity index (χ0v) is 11.5. The van der Waals surface area contributed by atoms with Crippen LogP contribution in [0.2, 0.25) is 0 Å². The largest absolute Gasteiger partial charge is 0.377 e. The van der Waals surface area contributed by atoms with Gasteiger partial charge in [-0.05, 0) is 25.8 Å². The number of nitrogens with one attached hydrogen (secondary N) is 1. The first kappa shape index (κ1) is 13.8. The predicted molar refractivity (Wildman–Crippen MR) is 71.4 cm³/mol. The summed E-state index contributed by atoms with van der Waals surface area (Å²) in [4.78, 5) is 14.4. The lowest BCUT2D eigenvalue weighted by Crippen LogP contribution is -2.52. The maximum atomic E-state index is 12.4. The molecule has 1 N–H and O–H groups in total. The molecular weight excluding hydrogens is 228 g/mol. The molecule has 0 radical (unpaired) electrons. The zero-order valence-electron chi connectivity index (χ0n) is 11.5. The Hall–Kier alpha value is -0.610. The molecule has 1 atom stereocenters. The quantitative estimate of drug-likeness (QED) is 0.824. The van der Waals surface area contributed by atoms with Crippen molar-refractivity contribution < 1.29 is 9.53 Å². The summed E-state index contributed by atoms with van der Waals surface area (Å²) < 4.78 is 5.47. The van der Waals surface area contributed by atoms with Crippen LogP contribution in [-0.4, -0.2) is 50.2 Å². The molecule has 1 saturated heterocycles. The van der Waals surface area contributed by atoms with Crippen molar-refractivity contribution in [1.29, 1.82) is 0 Å². The third kappa shape index (κ3) is 3.69. The first-order valence-electron chi connectivity index (χ1n) is 7.33. The van der Waals surface area contributed by atoms with E-state index < -0.39 is 0 Å². The molecule has 1 unspecified atom stereocenters. The van der Waals surface area contributed by atoms with E-state index in [-0.39, 0.29) is 6.04 Å². The van der Waals surface area contributed by atoms with E-state index in [0.717, 1.165) is 19.5 Å². The number of hydrogen-bond donors (Lipinski definition) is 1. The SMILES string of the molecule is CNCC1COCCN1C(=O)CC1CCCCC1. The fourth-order valence-electron chi connectivity index (χ4n) is 3.14. The van der Waals surface area contributed by atoms with Crippen LogP contribution in [0, 0.1) is 5.92 Å². The van der Waals surface area contributed by atoms with Gasteiger partial charge in [0.25, 0.3) is 0 Å². The van der Waals surface area contributed by atoms with Gasteiger partial charge in [-0.15, -0.1) is 0 Å². The van der Waals surface area contributed by atoms with Crippen LogP contribution < -0.4 is 5.32 Å². The minimum absolute atomic E-state index is 0.222. The highest BCUT2D eigenvalue weighted by Gasteiger charge is 2.28. The van der Waals surface area contributed by atoms with E-state index in [0.29, 0.717) is 25.0 Å². The van der Waals surface area contributed by atoms with Crippen molar-refractivity contribution in [2.45, 2.75) is 44.6 Å². The van der Waals surface area contributed by atoms with Crippen molar-refractivity contribution in [1.82, 2.24) is 10.2 Å². The van der Waals surface area contributed by atoms with Crippen LogP contribution in [-0.2, 0) is 9.53 Å². The molecule has 1 heterocycles. The normalized spacial score (nSPS) is 26.3. The predicted octanol–water partition coefficient (Wildman–Crippen LogP) is 1.40. The summed E-state index contributed by atoms with van der Waals surface area (Å²) in [7, 11) is 1.93.